The van der Waals surface area contributed by atoms with Crippen LogP contribution < -0.4 is 10.6 Å². The number of rotatable bonds is 7. The SMILES string of the molecule is C[C@H](Cc1ccsc1)NC(=O)NCCCC1=CCCC=C1. The molecule has 1 atom stereocenters. The summed E-state index contributed by atoms with van der Waals surface area (Å²) in [7, 11) is 0. The van der Waals surface area contributed by atoms with Crippen LogP contribution in [-0.4, -0.2) is 18.6 Å². The van der Waals surface area contributed by atoms with Gasteiger partial charge in [-0.1, -0.05) is 23.8 Å². The first-order valence-electron chi connectivity index (χ1n) is 7.65. The Morgan fingerprint density at radius 2 is 2.33 bits per heavy atom. The minimum absolute atomic E-state index is 0.0640. The number of carbonyl (C=O) groups is 1. The molecular formula is C17H24N2OS. The molecule has 1 heterocycles. The number of hydrogen-bond donors (Lipinski definition) is 2. The molecule has 4 heteroatoms. The third-order valence-electron chi connectivity index (χ3n) is 3.50. The van der Waals surface area contributed by atoms with Crippen molar-refractivity contribution in [1.29, 1.82) is 0 Å². The number of hydrogen-bond acceptors (Lipinski definition) is 2. The summed E-state index contributed by atoms with van der Waals surface area (Å²) < 4.78 is 0. The molecule has 0 fully saturated rings. The highest BCUT2D eigenvalue weighted by molar-refractivity contribution is 7.07. The Morgan fingerprint density at radius 3 is 3.05 bits per heavy atom. The fraction of sp³-hybridized carbons (Fsp3) is 0.471. The summed E-state index contributed by atoms with van der Waals surface area (Å²) in [5.41, 5.74) is 2.68. The molecule has 0 spiro atoms. The Morgan fingerprint density at radius 1 is 1.43 bits per heavy atom. The normalized spacial score (nSPS) is 15.4. The molecule has 1 aliphatic carbocycles. The van der Waals surface area contributed by atoms with Crippen LogP contribution in [0.15, 0.2) is 40.6 Å². The van der Waals surface area contributed by atoms with Gasteiger partial charge < -0.3 is 10.6 Å². The van der Waals surface area contributed by atoms with Crippen LogP contribution in [0.3, 0.4) is 0 Å². The van der Waals surface area contributed by atoms with E-state index in [4.69, 9.17) is 0 Å². The zero-order valence-electron chi connectivity index (χ0n) is 12.6. The van der Waals surface area contributed by atoms with Crippen LogP contribution in [0, 0.1) is 0 Å². The first kappa shape index (κ1) is 15.8. The zero-order valence-corrected chi connectivity index (χ0v) is 13.4. The third kappa shape index (κ3) is 6.17. The van der Waals surface area contributed by atoms with Gasteiger partial charge in [0.15, 0.2) is 0 Å². The Kier molecular flexibility index (Phi) is 6.54. The molecule has 0 saturated heterocycles. The quantitative estimate of drug-likeness (QED) is 0.734. The summed E-state index contributed by atoms with van der Waals surface area (Å²) in [5, 5.41) is 10.1. The fourth-order valence-corrected chi connectivity index (χ4v) is 3.12. The van der Waals surface area contributed by atoms with E-state index in [1.54, 1.807) is 11.3 Å². The standard InChI is InChI=1S/C17H24N2OS/c1-14(12-16-9-11-21-13-16)19-17(20)18-10-5-8-15-6-3-2-4-7-15/h3,6-7,9,11,13-14H,2,4-5,8,10,12H2,1H3,(H2,18,19,20)/t14-/m1/s1. The molecule has 1 aromatic heterocycles. The Labute approximate surface area is 131 Å². The second kappa shape index (κ2) is 8.67. The number of carbonyl (C=O) groups excluding carboxylic acids is 1. The molecule has 1 aliphatic rings. The van der Waals surface area contributed by atoms with E-state index >= 15 is 0 Å². The average molecular weight is 304 g/mol. The van der Waals surface area contributed by atoms with Gasteiger partial charge in [-0.15, -0.1) is 0 Å². The molecule has 0 bridgehead atoms. The number of urea groups is 1. The molecule has 0 aliphatic heterocycles. The molecular weight excluding hydrogens is 280 g/mol. The van der Waals surface area contributed by atoms with Crippen molar-refractivity contribution in [3.8, 4) is 0 Å². The average Bonchev–Trinajstić information content (AvgIpc) is 2.97. The smallest absolute Gasteiger partial charge is 0.315 e. The molecule has 2 N–H and O–H groups in total. The zero-order chi connectivity index (χ0) is 14.9. The molecule has 114 valence electrons. The number of nitrogens with one attached hydrogen (secondary N) is 2. The van der Waals surface area contributed by atoms with Crippen molar-refractivity contribution in [3.05, 3.63) is 46.2 Å². The largest absolute Gasteiger partial charge is 0.338 e. The maximum absolute atomic E-state index is 11.8. The predicted octanol–water partition coefficient (Wildman–Crippen LogP) is 4.03. The summed E-state index contributed by atoms with van der Waals surface area (Å²) in [4.78, 5) is 11.8. The van der Waals surface area contributed by atoms with Gasteiger partial charge in [0, 0.05) is 12.6 Å². The van der Waals surface area contributed by atoms with Crippen LogP contribution in [0.25, 0.3) is 0 Å². The molecule has 2 rings (SSSR count). The third-order valence-corrected chi connectivity index (χ3v) is 4.23. The van der Waals surface area contributed by atoms with E-state index in [1.807, 2.05) is 6.92 Å². The van der Waals surface area contributed by atoms with E-state index in [-0.39, 0.29) is 12.1 Å². The summed E-state index contributed by atoms with van der Waals surface area (Å²) in [6.45, 7) is 2.76. The van der Waals surface area contributed by atoms with Crippen molar-refractivity contribution < 1.29 is 4.79 Å². The van der Waals surface area contributed by atoms with E-state index < -0.39 is 0 Å². The lowest BCUT2D eigenvalue weighted by Gasteiger charge is -2.14. The maximum atomic E-state index is 11.8. The van der Waals surface area contributed by atoms with E-state index in [1.165, 1.54) is 11.1 Å². The number of thiophene rings is 1. The number of amides is 2. The topological polar surface area (TPSA) is 41.1 Å². The summed E-state index contributed by atoms with van der Waals surface area (Å²) in [6, 6.07) is 2.20. The molecule has 1 aromatic rings. The fourth-order valence-electron chi connectivity index (χ4n) is 2.44. The van der Waals surface area contributed by atoms with Gasteiger partial charge in [-0.25, -0.2) is 4.79 Å². The van der Waals surface area contributed by atoms with E-state index in [9.17, 15) is 4.79 Å². The highest BCUT2D eigenvalue weighted by Gasteiger charge is 2.07. The summed E-state index contributed by atoms with van der Waals surface area (Å²) in [5.74, 6) is 0. The highest BCUT2D eigenvalue weighted by Crippen LogP contribution is 2.14. The van der Waals surface area contributed by atoms with Crippen LogP contribution >= 0.6 is 11.3 Å². The molecule has 0 unspecified atom stereocenters. The second-order valence-corrected chi connectivity index (χ2v) is 6.28. The van der Waals surface area contributed by atoms with Crippen molar-refractivity contribution >= 4 is 17.4 Å². The summed E-state index contributed by atoms with van der Waals surface area (Å²) >= 11 is 1.69. The van der Waals surface area contributed by atoms with Gasteiger partial charge in [0.25, 0.3) is 0 Å². The first-order valence-corrected chi connectivity index (χ1v) is 8.59. The van der Waals surface area contributed by atoms with E-state index in [0.29, 0.717) is 0 Å². The van der Waals surface area contributed by atoms with Gasteiger partial charge in [-0.3, -0.25) is 0 Å². The van der Waals surface area contributed by atoms with Crippen molar-refractivity contribution in [2.45, 2.75) is 45.1 Å². The van der Waals surface area contributed by atoms with Crippen molar-refractivity contribution in [2.75, 3.05) is 6.54 Å². The molecule has 0 aromatic carbocycles. The van der Waals surface area contributed by atoms with E-state index in [0.717, 1.165) is 38.6 Å². The number of allylic oxidation sites excluding steroid dienone is 4. The molecule has 21 heavy (non-hydrogen) atoms. The highest BCUT2D eigenvalue weighted by atomic mass is 32.1. The van der Waals surface area contributed by atoms with Crippen LogP contribution in [-0.2, 0) is 6.42 Å². The van der Waals surface area contributed by atoms with Gasteiger partial charge in [0.1, 0.15) is 0 Å². The van der Waals surface area contributed by atoms with Crippen LogP contribution in [0.1, 0.15) is 38.2 Å². The monoisotopic (exact) mass is 304 g/mol. The van der Waals surface area contributed by atoms with Crippen molar-refractivity contribution in [1.82, 2.24) is 10.6 Å². The minimum Gasteiger partial charge on any atom is -0.338 e. The lowest BCUT2D eigenvalue weighted by atomic mass is 10.0. The maximum Gasteiger partial charge on any atom is 0.315 e. The molecule has 2 amide bonds. The van der Waals surface area contributed by atoms with Gasteiger partial charge in [-0.05, 0) is 61.4 Å². The molecule has 3 nitrogen and oxygen atoms in total. The van der Waals surface area contributed by atoms with Crippen LogP contribution in [0.2, 0.25) is 0 Å². The van der Waals surface area contributed by atoms with Gasteiger partial charge in [-0.2, -0.15) is 11.3 Å². The predicted molar refractivity (Wildman–Crippen MR) is 89.7 cm³/mol. The molecule has 0 saturated carbocycles. The second-order valence-electron chi connectivity index (χ2n) is 5.50. The summed E-state index contributed by atoms with van der Waals surface area (Å²) in [6.07, 6.45) is 11.9. The lowest BCUT2D eigenvalue weighted by Crippen LogP contribution is -2.41. The first-order chi connectivity index (χ1) is 10.2. The van der Waals surface area contributed by atoms with Crippen molar-refractivity contribution in [2.24, 2.45) is 0 Å². The van der Waals surface area contributed by atoms with E-state index in [2.05, 4.69) is 45.7 Å². The van der Waals surface area contributed by atoms with Crippen LogP contribution in [0.4, 0.5) is 4.79 Å². The van der Waals surface area contributed by atoms with Gasteiger partial charge >= 0.3 is 6.03 Å². The Balaban J connectivity index is 1.56. The van der Waals surface area contributed by atoms with Gasteiger partial charge in [0.2, 0.25) is 0 Å². The Hall–Kier alpha value is -1.55. The molecule has 0 radical (unpaired) electrons. The minimum atomic E-state index is -0.0640. The van der Waals surface area contributed by atoms with Crippen molar-refractivity contribution in [3.63, 3.8) is 0 Å². The lowest BCUT2D eigenvalue weighted by molar-refractivity contribution is 0.237. The Bertz CT molecular complexity index is 491. The van der Waals surface area contributed by atoms with Crippen LogP contribution in [0.5, 0.6) is 0 Å². The van der Waals surface area contributed by atoms with Gasteiger partial charge in [0.05, 0.1) is 0 Å².